The number of nitrogens with one attached hydrogen (secondary N) is 1. The van der Waals surface area contributed by atoms with Gasteiger partial charge in [-0.1, -0.05) is 0 Å². The van der Waals surface area contributed by atoms with Crippen LogP contribution in [0.25, 0.3) is 0 Å². The van der Waals surface area contributed by atoms with Gasteiger partial charge in [-0.05, 0) is 18.2 Å². The highest BCUT2D eigenvalue weighted by Gasteiger charge is 2.15. The van der Waals surface area contributed by atoms with E-state index in [9.17, 15) is 18.0 Å². The monoisotopic (exact) mass is 255 g/mol. The van der Waals surface area contributed by atoms with Crippen molar-refractivity contribution in [1.29, 1.82) is 0 Å². The molecule has 0 atom stereocenters. The van der Waals surface area contributed by atoms with Gasteiger partial charge in [0.25, 0.3) is 0 Å². The van der Waals surface area contributed by atoms with Gasteiger partial charge >= 0.3 is 0 Å². The van der Waals surface area contributed by atoms with Crippen molar-refractivity contribution in [2.24, 2.45) is 0 Å². The molecule has 1 N–H and O–H groups in total. The number of hydrogen-bond acceptors (Lipinski definition) is 2. The number of carbonyl (C=O) groups is 1. The molecule has 7 heteroatoms. The molecule has 1 amide bonds. The second-order valence-corrected chi connectivity index (χ2v) is 3.47. The molecule has 1 aromatic heterocycles. The molecular formula is C11H8F3N3O. The molecule has 1 heterocycles. The van der Waals surface area contributed by atoms with Crippen molar-refractivity contribution in [3.05, 3.63) is 48.0 Å². The zero-order chi connectivity index (χ0) is 13.1. The summed E-state index contributed by atoms with van der Waals surface area (Å²) >= 11 is 0. The molecule has 94 valence electrons. The minimum atomic E-state index is -1.62. The van der Waals surface area contributed by atoms with Gasteiger partial charge < -0.3 is 5.32 Å². The normalized spacial score (nSPS) is 10.4. The number of halogens is 3. The van der Waals surface area contributed by atoms with E-state index >= 15 is 0 Å². The van der Waals surface area contributed by atoms with E-state index in [-0.39, 0.29) is 6.54 Å². The summed E-state index contributed by atoms with van der Waals surface area (Å²) in [5.74, 6) is -4.95. The van der Waals surface area contributed by atoms with Crippen LogP contribution >= 0.6 is 0 Å². The van der Waals surface area contributed by atoms with E-state index in [4.69, 9.17) is 0 Å². The van der Waals surface area contributed by atoms with E-state index in [1.165, 1.54) is 10.9 Å². The van der Waals surface area contributed by atoms with Crippen molar-refractivity contribution < 1.29 is 18.0 Å². The highest BCUT2D eigenvalue weighted by atomic mass is 19.2. The van der Waals surface area contributed by atoms with Crippen LogP contribution in [0, 0.1) is 17.5 Å². The predicted octanol–water partition coefficient (Wildman–Crippen LogP) is 1.94. The lowest BCUT2D eigenvalue weighted by Crippen LogP contribution is -2.20. The van der Waals surface area contributed by atoms with E-state index in [0.717, 1.165) is 12.1 Å². The van der Waals surface area contributed by atoms with E-state index in [1.54, 1.807) is 12.3 Å². The molecule has 0 aliphatic rings. The van der Waals surface area contributed by atoms with Crippen LogP contribution in [0.2, 0.25) is 0 Å². The van der Waals surface area contributed by atoms with Gasteiger partial charge in [-0.3, -0.25) is 9.48 Å². The molecule has 2 aromatic rings. The first-order valence-corrected chi connectivity index (χ1v) is 4.98. The van der Waals surface area contributed by atoms with Crippen LogP contribution in [-0.2, 0) is 11.3 Å². The standard InChI is InChI=1S/C11H8F3N3O/c12-7-2-3-8(11(14)10(7)13)16-9(18)6-17-5-1-4-15-17/h1-5H,6H2,(H,16,18). The summed E-state index contributed by atoms with van der Waals surface area (Å²) in [6.07, 6.45) is 3.02. The minimum absolute atomic E-state index is 0.147. The number of benzene rings is 1. The largest absolute Gasteiger partial charge is 0.322 e. The van der Waals surface area contributed by atoms with E-state index in [2.05, 4.69) is 10.4 Å². The Kier molecular flexibility index (Phi) is 3.31. The first-order valence-electron chi connectivity index (χ1n) is 4.98. The second kappa shape index (κ2) is 4.91. The van der Waals surface area contributed by atoms with Crippen LogP contribution in [0.4, 0.5) is 18.9 Å². The lowest BCUT2D eigenvalue weighted by molar-refractivity contribution is -0.116. The average molecular weight is 255 g/mol. The fraction of sp³-hybridized carbons (Fsp3) is 0.0909. The van der Waals surface area contributed by atoms with Gasteiger partial charge in [0.2, 0.25) is 5.91 Å². The van der Waals surface area contributed by atoms with Gasteiger partial charge in [0, 0.05) is 12.4 Å². The van der Waals surface area contributed by atoms with Crippen molar-refractivity contribution >= 4 is 11.6 Å². The van der Waals surface area contributed by atoms with Gasteiger partial charge in [0.05, 0.1) is 5.69 Å². The number of carbonyl (C=O) groups excluding carboxylic acids is 1. The summed E-state index contributed by atoms with van der Waals surface area (Å²) in [4.78, 5) is 11.5. The summed E-state index contributed by atoms with van der Waals surface area (Å²) in [5, 5.41) is 5.92. The van der Waals surface area contributed by atoms with Gasteiger partial charge in [-0.15, -0.1) is 0 Å². The van der Waals surface area contributed by atoms with Gasteiger partial charge in [0.15, 0.2) is 17.5 Å². The number of rotatable bonds is 3. The zero-order valence-electron chi connectivity index (χ0n) is 9.03. The van der Waals surface area contributed by atoms with Crippen molar-refractivity contribution in [2.75, 3.05) is 5.32 Å². The molecule has 0 saturated carbocycles. The fourth-order valence-corrected chi connectivity index (χ4v) is 1.35. The molecule has 0 fully saturated rings. The quantitative estimate of drug-likeness (QED) is 0.852. The summed E-state index contributed by atoms with van der Waals surface area (Å²) in [6, 6.07) is 3.31. The number of aromatic nitrogens is 2. The van der Waals surface area contributed by atoms with Crippen LogP contribution in [-0.4, -0.2) is 15.7 Å². The van der Waals surface area contributed by atoms with E-state index in [0.29, 0.717) is 0 Å². The maximum atomic E-state index is 13.2. The van der Waals surface area contributed by atoms with Crippen LogP contribution in [0.3, 0.4) is 0 Å². The second-order valence-electron chi connectivity index (χ2n) is 3.47. The van der Waals surface area contributed by atoms with E-state index < -0.39 is 29.0 Å². The molecule has 0 saturated heterocycles. The van der Waals surface area contributed by atoms with Crippen LogP contribution in [0.15, 0.2) is 30.6 Å². The third-order valence-electron chi connectivity index (χ3n) is 2.17. The summed E-state index contributed by atoms with van der Waals surface area (Å²) < 4.78 is 40.1. The Bertz CT molecular complexity index is 569. The molecule has 0 unspecified atom stereocenters. The molecule has 0 aliphatic heterocycles. The lowest BCUT2D eigenvalue weighted by Gasteiger charge is -2.07. The summed E-state index contributed by atoms with van der Waals surface area (Å²) in [5.41, 5.74) is -0.411. The van der Waals surface area contributed by atoms with Crippen molar-refractivity contribution in [3.63, 3.8) is 0 Å². The summed E-state index contributed by atoms with van der Waals surface area (Å²) in [6.45, 7) is -0.147. The Morgan fingerprint density at radius 2 is 2.06 bits per heavy atom. The Hall–Kier alpha value is -2.31. The van der Waals surface area contributed by atoms with Gasteiger partial charge in [-0.25, -0.2) is 13.2 Å². The Morgan fingerprint density at radius 3 is 2.72 bits per heavy atom. The zero-order valence-corrected chi connectivity index (χ0v) is 9.03. The highest BCUT2D eigenvalue weighted by molar-refractivity contribution is 5.90. The van der Waals surface area contributed by atoms with Gasteiger partial charge in [-0.2, -0.15) is 5.10 Å². The summed E-state index contributed by atoms with van der Waals surface area (Å²) in [7, 11) is 0. The molecular weight excluding hydrogens is 247 g/mol. The fourth-order valence-electron chi connectivity index (χ4n) is 1.35. The average Bonchev–Trinajstić information content (AvgIpc) is 2.83. The van der Waals surface area contributed by atoms with Crippen molar-refractivity contribution in [1.82, 2.24) is 9.78 Å². The highest BCUT2D eigenvalue weighted by Crippen LogP contribution is 2.19. The van der Waals surface area contributed by atoms with Crippen LogP contribution in [0.5, 0.6) is 0 Å². The molecule has 0 radical (unpaired) electrons. The predicted molar refractivity (Wildman–Crippen MR) is 57.2 cm³/mol. The Balaban J connectivity index is 2.10. The molecule has 4 nitrogen and oxygen atoms in total. The maximum absolute atomic E-state index is 13.2. The smallest absolute Gasteiger partial charge is 0.246 e. The molecule has 0 aliphatic carbocycles. The lowest BCUT2D eigenvalue weighted by atomic mass is 10.2. The maximum Gasteiger partial charge on any atom is 0.246 e. The van der Waals surface area contributed by atoms with Crippen LogP contribution in [0.1, 0.15) is 0 Å². The third-order valence-corrected chi connectivity index (χ3v) is 2.17. The third kappa shape index (κ3) is 2.50. The number of amides is 1. The SMILES string of the molecule is O=C(Cn1cccn1)Nc1ccc(F)c(F)c1F. The minimum Gasteiger partial charge on any atom is -0.322 e. The molecule has 18 heavy (non-hydrogen) atoms. The van der Waals surface area contributed by atoms with Crippen molar-refractivity contribution in [3.8, 4) is 0 Å². The van der Waals surface area contributed by atoms with Crippen molar-refractivity contribution in [2.45, 2.75) is 6.54 Å². The number of anilines is 1. The van der Waals surface area contributed by atoms with Gasteiger partial charge in [0.1, 0.15) is 6.54 Å². The molecule has 1 aromatic carbocycles. The Morgan fingerprint density at radius 1 is 1.28 bits per heavy atom. The van der Waals surface area contributed by atoms with E-state index in [1.807, 2.05) is 0 Å². The first-order chi connectivity index (χ1) is 8.58. The number of hydrogen-bond donors (Lipinski definition) is 1. The Labute approximate surface area is 100 Å². The first kappa shape index (κ1) is 12.2. The molecule has 2 rings (SSSR count). The number of nitrogens with zero attached hydrogens (tertiary/aromatic N) is 2. The van der Waals surface area contributed by atoms with Crippen LogP contribution < -0.4 is 5.32 Å². The molecule has 0 spiro atoms. The molecule has 0 bridgehead atoms. The topological polar surface area (TPSA) is 46.9 Å².